The van der Waals surface area contributed by atoms with Gasteiger partial charge in [0.15, 0.2) is 0 Å². The van der Waals surface area contributed by atoms with Crippen LogP contribution in [0.2, 0.25) is 0 Å². The number of hydrogen-bond donors (Lipinski definition) is 1. The van der Waals surface area contributed by atoms with Crippen LogP contribution in [0.1, 0.15) is 32.1 Å². The van der Waals surface area contributed by atoms with Gasteiger partial charge in [0.1, 0.15) is 5.82 Å². The molecule has 4 rings (SSSR count). The Morgan fingerprint density at radius 3 is 2.62 bits per heavy atom. The first kappa shape index (κ1) is 18.2. The van der Waals surface area contributed by atoms with E-state index >= 15 is 0 Å². The van der Waals surface area contributed by atoms with E-state index in [9.17, 15) is 9.50 Å². The van der Waals surface area contributed by atoms with Crippen molar-refractivity contribution in [2.45, 2.75) is 44.2 Å². The van der Waals surface area contributed by atoms with Crippen LogP contribution in [0.4, 0.5) is 10.1 Å². The Kier molecular flexibility index (Phi) is 5.22. The van der Waals surface area contributed by atoms with Crippen LogP contribution in [0.3, 0.4) is 0 Å². The van der Waals surface area contributed by atoms with E-state index in [4.69, 9.17) is 0 Å². The smallest absolute Gasteiger partial charge is 0.146 e. The number of aliphatic hydroxyl groups is 1. The summed E-state index contributed by atoms with van der Waals surface area (Å²) in [6.45, 7) is 5.48. The number of nitrogens with zero attached hydrogens (tertiary/aromatic N) is 3. The van der Waals surface area contributed by atoms with E-state index in [1.165, 1.54) is 6.42 Å². The van der Waals surface area contributed by atoms with Gasteiger partial charge in [-0.2, -0.15) is 0 Å². The van der Waals surface area contributed by atoms with Gasteiger partial charge in [-0.3, -0.25) is 4.90 Å². The summed E-state index contributed by atoms with van der Waals surface area (Å²) >= 11 is 0. The molecule has 3 saturated heterocycles. The van der Waals surface area contributed by atoms with Gasteiger partial charge < -0.3 is 14.9 Å². The average Bonchev–Trinajstić information content (AvgIpc) is 2.69. The number of para-hydroxylation sites is 1. The Balaban J connectivity index is 1.39. The Labute approximate surface area is 156 Å². The molecule has 0 amide bonds. The molecular formula is C21H32FN3O. The third kappa shape index (κ3) is 3.25. The van der Waals surface area contributed by atoms with Gasteiger partial charge in [0.2, 0.25) is 0 Å². The van der Waals surface area contributed by atoms with Crippen LogP contribution in [-0.2, 0) is 0 Å². The highest BCUT2D eigenvalue weighted by atomic mass is 19.1. The summed E-state index contributed by atoms with van der Waals surface area (Å²) in [6.07, 6.45) is 5.66. The Morgan fingerprint density at radius 2 is 1.88 bits per heavy atom. The van der Waals surface area contributed by atoms with Crippen LogP contribution in [0, 0.1) is 11.2 Å². The Hall–Kier alpha value is -1.17. The van der Waals surface area contributed by atoms with Crippen LogP contribution >= 0.6 is 0 Å². The number of likely N-dealkylation sites (tertiary alicyclic amines) is 2. The van der Waals surface area contributed by atoms with Crippen LogP contribution in [0.25, 0.3) is 0 Å². The maximum absolute atomic E-state index is 14.1. The van der Waals surface area contributed by atoms with Gasteiger partial charge >= 0.3 is 0 Å². The van der Waals surface area contributed by atoms with E-state index in [2.05, 4.69) is 21.7 Å². The number of aliphatic hydroxyl groups excluding tert-OH is 1. The summed E-state index contributed by atoms with van der Waals surface area (Å²) in [4.78, 5) is 7.32. The minimum Gasteiger partial charge on any atom is -0.396 e. The maximum Gasteiger partial charge on any atom is 0.146 e. The van der Waals surface area contributed by atoms with Gasteiger partial charge in [0.25, 0.3) is 0 Å². The van der Waals surface area contributed by atoms with Crippen molar-refractivity contribution in [1.29, 1.82) is 0 Å². The number of anilines is 1. The van der Waals surface area contributed by atoms with Gasteiger partial charge in [0, 0.05) is 37.1 Å². The fourth-order valence-corrected chi connectivity index (χ4v) is 5.55. The van der Waals surface area contributed by atoms with Crippen molar-refractivity contribution in [3.63, 3.8) is 0 Å². The third-order valence-corrected chi connectivity index (χ3v) is 7.22. The molecule has 3 aliphatic heterocycles. The molecule has 0 aliphatic carbocycles. The molecule has 0 unspecified atom stereocenters. The van der Waals surface area contributed by atoms with Crippen molar-refractivity contribution in [3.8, 4) is 0 Å². The highest BCUT2D eigenvalue weighted by Gasteiger charge is 2.47. The van der Waals surface area contributed by atoms with E-state index in [0.29, 0.717) is 18.7 Å². The van der Waals surface area contributed by atoms with E-state index in [0.717, 1.165) is 64.1 Å². The second-order valence-corrected chi connectivity index (χ2v) is 8.54. The maximum atomic E-state index is 14.1. The molecule has 0 radical (unpaired) electrons. The van der Waals surface area contributed by atoms with E-state index in [1.54, 1.807) is 12.1 Å². The summed E-state index contributed by atoms with van der Waals surface area (Å²) in [5, 5.41) is 10.1. The van der Waals surface area contributed by atoms with Crippen LogP contribution in [0.15, 0.2) is 24.3 Å². The largest absolute Gasteiger partial charge is 0.396 e. The molecule has 0 bridgehead atoms. The lowest BCUT2D eigenvalue weighted by Gasteiger charge is -2.55. The lowest BCUT2D eigenvalue weighted by molar-refractivity contribution is -0.0772. The molecule has 26 heavy (non-hydrogen) atoms. The fourth-order valence-electron chi connectivity index (χ4n) is 5.55. The van der Waals surface area contributed by atoms with Crippen molar-refractivity contribution >= 4 is 5.69 Å². The molecule has 0 spiro atoms. The molecule has 5 heteroatoms. The van der Waals surface area contributed by atoms with Crippen LogP contribution in [-0.4, -0.2) is 73.4 Å². The van der Waals surface area contributed by atoms with Gasteiger partial charge in [0.05, 0.1) is 12.3 Å². The van der Waals surface area contributed by atoms with Crippen molar-refractivity contribution in [3.05, 3.63) is 30.1 Å². The lowest BCUT2D eigenvalue weighted by Crippen LogP contribution is -2.63. The van der Waals surface area contributed by atoms with Gasteiger partial charge in [-0.25, -0.2) is 4.39 Å². The molecule has 3 heterocycles. The highest BCUT2D eigenvalue weighted by molar-refractivity contribution is 5.47. The summed E-state index contributed by atoms with van der Waals surface area (Å²) in [6, 6.07) is 8.18. The lowest BCUT2D eigenvalue weighted by atomic mass is 9.68. The summed E-state index contributed by atoms with van der Waals surface area (Å²) in [5.41, 5.74) is 0.855. The normalized spacial score (nSPS) is 31.8. The first-order valence-corrected chi connectivity index (χ1v) is 10.2. The quantitative estimate of drug-likeness (QED) is 0.896. The highest BCUT2D eigenvalue weighted by Crippen LogP contribution is 2.42. The SMILES string of the molecule is CN1CCC[C@]2(CO)CCN(C3CCN(c4ccccc4F)CC3)C[C@@H]12. The van der Waals surface area contributed by atoms with E-state index in [-0.39, 0.29) is 11.2 Å². The second kappa shape index (κ2) is 7.45. The van der Waals surface area contributed by atoms with Gasteiger partial charge in [-0.05, 0) is 64.4 Å². The summed E-state index contributed by atoms with van der Waals surface area (Å²) < 4.78 is 14.1. The topological polar surface area (TPSA) is 30.0 Å². The van der Waals surface area contributed by atoms with E-state index in [1.807, 2.05) is 12.1 Å². The molecule has 3 fully saturated rings. The fraction of sp³-hybridized carbons (Fsp3) is 0.714. The average molecular weight is 362 g/mol. The van der Waals surface area contributed by atoms with Crippen molar-refractivity contribution < 1.29 is 9.50 Å². The molecule has 1 aromatic rings. The molecule has 0 aromatic heterocycles. The minimum atomic E-state index is -0.111. The van der Waals surface area contributed by atoms with Crippen molar-refractivity contribution in [2.75, 3.05) is 51.3 Å². The standard InChI is InChI=1S/C21H32FN3O/c1-23-11-4-9-21(16-26)10-14-25(15-20(21)23)17-7-12-24(13-8-17)19-6-3-2-5-18(19)22/h2-3,5-6,17,20,26H,4,7-16H2,1H3/t20-,21-/m1/s1. The minimum absolute atomic E-state index is 0.109. The number of benzene rings is 1. The monoisotopic (exact) mass is 361 g/mol. The third-order valence-electron chi connectivity index (χ3n) is 7.22. The van der Waals surface area contributed by atoms with Crippen molar-refractivity contribution in [2.24, 2.45) is 5.41 Å². The van der Waals surface area contributed by atoms with Crippen LogP contribution in [0.5, 0.6) is 0 Å². The molecular weight excluding hydrogens is 329 g/mol. The predicted octanol–water partition coefficient (Wildman–Crippen LogP) is 2.57. The number of fused-ring (bicyclic) bond motifs is 1. The van der Waals surface area contributed by atoms with Crippen molar-refractivity contribution in [1.82, 2.24) is 9.80 Å². The first-order valence-electron chi connectivity index (χ1n) is 10.2. The zero-order valence-electron chi connectivity index (χ0n) is 15.9. The molecule has 1 aromatic carbocycles. The van der Waals surface area contributed by atoms with Gasteiger partial charge in [-0.15, -0.1) is 0 Å². The molecule has 144 valence electrons. The Bertz CT molecular complexity index is 619. The van der Waals surface area contributed by atoms with Crippen LogP contribution < -0.4 is 4.90 Å². The van der Waals surface area contributed by atoms with Gasteiger partial charge in [-0.1, -0.05) is 12.1 Å². The number of rotatable bonds is 3. The Morgan fingerprint density at radius 1 is 1.12 bits per heavy atom. The molecule has 4 nitrogen and oxygen atoms in total. The number of halogens is 1. The van der Waals surface area contributed by atoms with E-state index < -0.39 is 0 Å². The first-order chi connectivity index (χ1) is 12.6. The summed E-state index contributed by atoms with van der Waals surface area (Å²) in [5.74, 6) is -0.111. The molecule has 1 N–H and O–H groups in total. The predicted molar refractivity (Wildman–Crippen MR) is 103 cm³/mol. The second-order valence-electron chi connectivity index (χ2n) is 8.54. The summed E-state index contributed by atoms with van der Waals surface area (Å²) in [7, 11) is 2.22. The molecule has 2 atom stereocenters. The number of piperidine rings is 3. The zero-order valence-corrected chi connectivity index (χ0v) is 15.9. The molecule has 0 saturated carbocycles. The zero-order chi connectivity index (χ0) is 18.1. The molecule has 3 aliphatic rings. The number of likely N-dealkylation sites (N-methyl/N-ethyl adjacent to an activating group) is 1. The number of hydrogen-bond acceptors (Lipinski definition) is 4.